The summed E-state index contributed by atoms with van der Waals surface area (Å²) in [6.45, 7) is 3.31. The van der Waals surface area contributed by atoms with Crippen LogP contribution in [0.25, 0.3) is 11.0 Å². The number of carbonyl (C=O) groups is 1. The molecule has 0 bridgehead atoms. The van der Waals surface area contributed by atoms with E-state index in [0.29, 0.717) is 5.56 Å². The fourth-order valence-corrected chi connectivity index (χ4v) is 4.88. The number of carbonyl (C=O) groups excluding carboxylic acids is 1. The minimum atomic E-state index is -0.886. The van der Waals surface area contributed by atoms with E-state index in [0.717, 1.165) is 49.2 Å². The Morgan fingerprint density at radius 2 is 2.06 bits per heavy atom. The first-order chi connectivity index (χ1) is 15.0. The lowest BCUT2D eigenvalue weighted by molar-refractivity contribution is -0.129. The Balaban J connectivity index is 1.27. The van der Waals surface area contributed by atoms with Gasteiger partial charge in [0.1, 0.15) is 23.6 Å². The fraction of sp³-hybridized carbons (Fsp3) is 0.435. The van der Waals surface area contributed by atoms with E-state index in [2.05, 4.69) is 25.2 Å². The van der Waals surface area contributed by atoms with Crippen molar-refractivity contribution in [1.82, 2.24) is 20.3 Å². The number of aliphatic hydroxyl groups excluding tert-OH is 1. The lowest BCUT2D eigenvalue weighted by Crippen LogP contribution is -2.50. The number of piperidine rings is 1. The van der Waals surface area contributed by atoms with Gasteiger partial charge in [0.25, 0.3) is 0 Å². The first kappa shape index (κ1) is 19.9. The molecule has 1 aliphatic heterocycles. The molecule has 0 radical (unpaired) electrons. The Morgan fingerprint density at radius 3 is 2.81 bits per heavy atom. The summed E-state index contributed by atoms with van der Waals surface area (Å²) < 4.78 is 13.2. The minimum Gasteiger partial charge on any atom is -0.386 e. The minimum absolute atomic E-state index is 0.0136. The second kappa shape index (κ2) is 7.60. The fourth-order valence-electron chi connectivity index (χ4n) is 4.88. The zero-order chi connectivity index (χ0) is 21.6. The van der Waals surface area contributed by atoms with Crippen molar-refractivity contribution in [2.45, 2.75) is 38.3 Å². The smallest absolute Gasteiger partial charge is 0.224 e. The first-order valence-corrected chi connectivity index (χ1v) is 10.7. The van der Waals surface area contributed by atoms with Crippen molar-refractivity contribution in [2.75, 3.05) is 18.0 Å². The van der Waals surface area contributed by atoms with Gasteiger partial charge in [-0.1, -0.05) is 12.1 Å². The molecule has 162 valence electrons. The molecule has 7 nitrogen and oxygen atoms in total. The van der Waals surface area contributed by atoms with Gasteiger partial charge in [0.2, 0.25) is 5.91 Å². The van der Waals surface area contributed by atoms with Gasteiger partial charge in [-0.25, -0.2) is 14.4 Å². The molecule has 31 heavy (non-hydrogen) atoms. The van der Waals surface area contributed by atoms with E-state index < -0.39 is 12.1 Å². The van der Waals surface area contributed by atoms with Crippen LogP contribution >= 0.6 is 0 Å². The predicted molar refractivity (Wildman–Crippen MR) is 115 cm³/mol. The molecule has 1 aromatic carbocycles. The Bertz CT molecular complexity index is 1090. The summed E-state index contributed by atoms with van der Waals surface area (Å²) in [7, 11) is 0. The van der Waals surface area contributed by atoms with Crippen molar-refractivity contribution in [3.05, 3.63) is 54.2 Å². The van der Waals surface area contributed by atoms with Crippen LogP contribution in [-0.4, -0.2) is 45.1 Å². The third-order valence-corrected chi connectivity index (χ3v) is 6.83. The summed E-state index contributed by atoms with van der Waals surface area (Å²) in [6.07, 6.45) is 5.31. The second-order valence-corrected chi connectivity index (χ2v) is 8.86. The first-order valence-electron chi connectivity index (χ1n) is 10.7. The summed E-state index contributed by atoms with van der Waals surface area (Å²) in [5.41, 5.74) is 1.36. The largest absolute Gasteiger partial charge is 0.386 e. The van der Waals surface area contributed by atoms with E-state index in [1.165, 1.54) is 12.1 Å². The standard InChI is InChI=1S/C23H26FN5O2/c1-14(19(30)15-2-4-16(24)5-3-15)28-22(31)18-7-11-29(12-23(18)8-9-23)21-17-6-10-25-20(17)26-13-27-21/h2-6,10,13-14,18-19,30H,7-9,11-12H2,1H3,(H,28,31)(H,25,26,27)/t14-,18?,19-/m0/s1. The number of nitrogens with zero attached hydrogens (tertiary/aromatic N) is 3. The maximum atomic E-state index is 13.2. The molecular weight excluding hydrogens is 397 g/mol. The molecule has 1 aliphatic carbocycles. The molecule has 3 N–H and O–H groups in total. The Morgan fingerprint density at radius 1 is 1.29 bits per heavy atom. The van der Waals surface area contributed by atoms with Crippen LogP contribution in [0.4, 0.5) is 10.2 Å². The summed E-state index contributed by atoms with van der Waals surface area (Å²) >= 11 is 0. The van der Waals surface area contributed by atoms with E-state index in [-0.39, 0.29) is 23.1 Å². The molecule has 2 aliphatic rings. The van der Waals surface area contributed by atoms with Crippen LogP contribution < -0.4 is 10.2 Å². The molecule has 3 heterocycles. The van der Waals surface area contributed by atoms with Gasteiger partial charge in [-0.05, 0) is 55.4 Å². The van der Waals surface area contributed by atoms with Crippen molar-refractivity contribution in [3.8, 4) is 0 Å². The van der Waals surface area contributed by atoms with Crippen LogP contribution in [0.2, 0.25) is 0 Å². The van der Waals surface area contributed by atoms with Crippen LogP contribution in [-0.2, 0) is 4.79 Å². The van der Waals surface area contributed by atoms with Crippen LogP contribution in [0.5, 0.6) is 0 Å². The number of aromatic nitrogens is 3. The molecule has 1 unspecified atom stereocenters. The zero-order valence-electron chi connectivity index (χ0n) is 17.4. The number of fused-ring (bicyclic) bond motifs is 1. The Labute approximate surface area is 179 Å². The zero-order valence-corrected chi connectivity index (χ0v) is 17.4. The molecule has 2 aromatic heterocycles. The summed E-state index contributed by atoms with van der Waals surface area (Å²) in [5, 5.41) is 14.6. The lowest BCUT2D eigenvalue weighted by Gasteiger charge is -2.39. The highest BCUT2D eigenvalue weighted by Crippen LogP contribution is 2.56. The van der Waals surface area contributed by atoms with Crippen molar-refractivity contribution in [1.29, 1.82) is 0 Å². The Hall–Kier alpha value is -3.00. The van der Waals surface area contributed by atoms with Gasteiger partial charge in [-0.15, -0.1) is 0 Å². The summed E-state index contributed by atoms with van der Waals surface area (Å²) in [4.78, 5) is 27.3. The topological polar surface area (TPSA) is 94.1 Å². The van der Waals surface area contributed by atoms with Crippen LogP contribution in [0.15, 0.2) is 42.9 Å². The van der Waals surface area contributed by atoms with Crippen molar-refractivity contribution >= 4 is 22.8 Å². The van der Waals surface area contributed by atoms with E-state index in [1.807, 2.05) is 12.3 Å². The summed E-state index contributed by atoms with van der Waals surface area (Å²) in [6, 6.07) is 7.25. The molecular formula is C23H26FN5O2. The van der Waals surface area contributed by atoms with Gasteiger partial charge in [0.15, 0.2) is 0 Å². The normalized spacial score (nSPS) is 21.8. The van der Waals surface area contributed by atoms with Gasteiger partial charge in [-0.2, -0.15) is 0 Å². The molecule has 8 heteroatoms. The maximum absolute atomic E-state index is 13.2. The monoisotopic (exact) mass is 423 g/mol. The average Bonchev–Trinajstić information content (AvgIpc) is 3.34. The quantitative estimate of drug-likeness (QED) is 0.587. The molecule has 1 saturated carbocycles. The molecule has 1 saturated heterocycles. The van der Waals surface area contributed by atoms with Gasteiger partial charge >= 0.3 is 0 Å². The van der Waals surface area contributed by atoms with E-state index >= 15 is 0 Å². The van der Waals surface area contributed by atoms with Crippen LogP contribution in [0.1, 0.15) is 37.9 Å². The van der Waals surface area contributed by atoms with Crippen LogP contribution in [0, 0.1) is 17.2 Å². The number of aromatic amines is 1. The molecule has 1 amide bonds. The highest BCUT2D eigenvalue weighted by atomic mass is 19.1. The second-order valence-electron chi connectivity index (χ2n) is 8.86. The molecule has 2 fully saturated rings. The maximum Gasteiger partial charge on any atom is 0.224 e. The van der Waals surface area contributed by atoms with Crippen molar-refractivity contribution < 1.29 is 14.3 Å². The molecule has 3 atom stereocenters. The van der Waals surface area contributed by atoms with Crippen molar-refractivity contribution in [3.63, 3.8) is 0 Å². The van der Waals surface area contributed by atoms with E-state index in [1.54, 1.807) is 25.4 Å². The number of halogens is 1. The highest BCUT2D eigenvalue weighted by molar-refractivity contribution is 5.87. The number of hydrogen-bond acceptors (Lipinski definition) is 5. The van der Waals surface area contributed by atoms with Crippen molar-refractivity contribution in [2.24, 2.45) is 11.3 Å². The van der Waals surface area contributed by atoms with Gasteiger partial charge in [0.05, 0.1) is 17.5 Å². The number of aliphatic hydroxyl groups is 1. The number of hydrogen-bond donors (Lipinski definition) is 3. The summed E-state index contributed by atoms with van der Waals surface area (Å²) in [5.74, 6) is 0.461. The average molecular weight is 423 g/mol. The lowest BCUT2D eigenvalue weighted by atomic mass is 9.81. The van der Waals surface area contributed by atoms with Gasteiger partial charge in [0, 0.05) is 25.2 Å². The van der Waals surface area contributed by atoms with E-state index in [4.69, 9.17) is 0 Å². The molecule has 5 rings (SSSR count). The Kier molecular flexibility index (Phi) is 4.89. The predicted octanol–water partition coefficient (Wildman–Crippen LogP) is 2.94. The number of rotatable bonds is 5. The number of amides is 1. The van der Waals surface area contributed by atoms with Crippen LogP contribution in [0.3, 0.4) is 0 Å². The third-order valence-electron chi connectivity index (χ3n) is 6.83. The highest BCUT2D eigenvalue weighted by Gasteiger charge is 2.55. The number of benzene rings is 1. The molecule has 1 spiro atoms. The number of nitrogens with one attached hydrogen (secondary N) is 2. The number of H-pyrrole nitrogens is 1. The SMILES string of the molecule is C[C@H](NC(=O)C1CCN(c2ncnc3[nH]ccc23)CC12CC2)[C@H](O)c1ccc(F)cc1. The number of anilines is 1. The van der Waals surface area contributed by atoms with E-state index in [9.17, 15) is 14.3 Å². The third kappa shape index (κ3) is 3.65. The molecule has 3 aromatic rings. The van der Waals surface area contributed by atoms with Gasteiger partial charge < -0.3 is 20.3 Å². The van der Waals surface area contributed by atoms with Gasteiger partial charge in [-0.3, -0.25) is 4.79 Å².